The van der Waals surface area contributed by atoms with Gasteiger partial charge in [0.2, 0.25) is 0 Å². The molecule has 1 atom stereocenters. The van der Waals surface area contributed by atoms with Crippen LogP contribution < -0.4 is 0 Å². The van der Waals surface area contributed by atoms with Crippen molar-refractivity contribution in [1.29, 1.82) is 0 Å². The Balaban J connectivity index is 2.18. The lowest BCUT2D eigenvalue weighted by Gasteiger charge is -2.12. The van der Waals surface area contributed by atoms with Crippen molar-refractivity contribution in [3.8, 4) is 0 Å². The largest absolute Gasteiger partial charge is 0.416 e. The molecule has 0 amide bonds. The summed E-state index contributed by atoms with van der Waals surface area (Å²) in [5.41, 5.74) is 0.0829. The van der Waals surface area contributed by atoms with Crippen LogP contribution in [0.25, 0.3) is 0 Å². The lowest BCUT2D eigenvalue weighted by atomic mass is 10.0. The fourth-order valence-corrected chi connectivity index (χ4v) is 1.86. The Hall–Kier alpha value is -1.95. The molecular formula is C14H13F3N2O. The van der Waals surface area contributed by atoms with Crippen molar-refractivity contribution in [3.63, 3.8) is 0 Å². The van der Waals surface area contributed by atoms with Gasteiger partial charge in [-0.2, -0.15) is 13.2 Å². The molecule has 106 valence electrons. The molecule has 1 aromatic heterocycles. The molecule has 0 saturated carbocycles. The summed E-state index contributed by atoms with van der Waals surface area (Å²) < 4.78 is 37.8. The Bertz CT molecular complexity index is 599. The average Bonchev–Trinajstić information content (AvgIpc) is 2.38. The monoisotopic (exact) mass is 282 g/mol. The first-order valence-electron chi connectivity index (χ1n) is 6.00. The summed E-state index contributed by atoms with van der Waals surface area (Å²) in [6.07, 6.45) is -3.76. The van der Waals surface area contributed by atoms with Crippen LogP contribution in [-0.4, -0.2) is 15.1 Å². The molecule has 1 unspecified atom stereocenters. The van der Waals surface area contributed by atoms with E-state index in [-0.39, 0.29) is 6.42 Å². The summed E-state index contributed by atoms with van der Waals surface area (Å²) in [7, 11) is 0. The molecule has 0 saturated heterocycles. The van der Waals surface area contributed by atoms with Gasteiger partial charge >= 0.3 is 6.18 Å². The molecule has 2 aromatic rings. The van der Waals surface area contributed by atoms with Crippen LogP contribution >= 0.6 is 0 Å². The summed E-state index contributed by atoms with van der Waals surface area (Å²) in [5, 5.41) is 10.0. The number of aliphatic hydroxyl groups excluding tert-OH is 1. The van der Waals surface area contributed by atoms with Crippen molar-refractivity contribution < 1.29 is 18.3 Å². The third-order valence-corrected chi connectivity index (χ3v) is 2.82. The normalized spacial score (nSPS) is 13.2. The van der Waals surface area contributed by atoms with Gasteiger partial charge in [0.25, 0.3) is 0 Å². The van der Waals surface area contributed by atoms with E-state index in [1.54, 1.807) is 19.1 Å². The minimum absolute atomic E-state index is 0.0698. The van der Waals surface area contributed by atoms with E-state index in [2.05, 4.69) is 9.97 Å². The molecule has 0 bridgehead atoms. The summed E-state index contributed by atoms with van der Waals surface area (Å²) in [6, 6.07) is 6.47. The standard InChI is InChI=1S/C14H13F3N2O/c1-9-18-6-5-12(19-9)13(20)8-10-3-2-4-11(7-10)14(15,16)17/h2-7,13,20H,8H2,1H3. The first-order chi connectivity index (χ1) is 9.36. The molecule has 1 aromatic carbocycles. The molecule has 0 spiro atoms. The van der Waals surface area contributed by atoms with Gasteiger partial charge in [-0.05, 0) is 24.6 Å². The Morgan fingerprint density at radius 3 is 2.65 bits per heavy atom. The fourth-order valence-electron chi connectivity index (χ4n) is 1.86. The van der Waals surface area contributed by atoms with Gasteiger partial charge < -0.3 is 5.11 Å². The van der Waals surface area contributed by atoms with E-state index in [1.165, 1.54) is 12.3 Å². The maximum Gasteiger partial charge on any atom is 0.416 e. The summed E-state index contributed by atoms with van der Waals surface area (Å²) in [4.78, 5) is 7.96. The highest BCUT2D eigenvalue weighted by Crippen LogP contribution is 2.30. The van der Waals surface area contributed by atoms with Crippen LogP contribution in [-0.2, 0) is 12.6 Å². The zero-order chi connectivity index (χ0) is 14.8. The van der Waals surface area contributed by atoms with Crippen molar-refractivity contribution in [3.05, 3.63) is 59.2 Å². The first-order valence-corrected chi connectivity index (χ1v) is 6.00. The summed E-state index contributed by atoms with van der Waals surface area (Å²) in [5.74, 6) is 0.505. The molecule has 1 N–H and O–H groups in total. The van der Waals surface area contributed by atoms with Crippen LogP contribution in [0, 0.1) is 6.92 Å². The van der Waals surface area contributed by atoms with Crippen LogP contribution in [0.4, 0.5) is 13.2 Å². The second kappa shape index (κ2) is 5.58. The molecule has 6 heteroatoms. The fraction of sp³-hybridized carbons (Fsp3) is 0.286. The number of aliphatic hydroxyl groups is 1. The van der Waals surface area contributed by atoms with E-state index >= 15 is 0 Å². The van der Waals surface area contributed by atoms with Crippen LogP contribution in [0.5, 0.6) is 0 Å². The summed E-state index contributed by atoms with van der Waals surface area (Å²) in [6.45, 7) is 1.68. The number of hydrogen-bond acceptors (Lipinski definition) is 3. The maximum absolute atomic E-state index is 12.6. The predicted octanol–water partition coefficient (Wildman–Crippen LogP) is 3.08. The van der Waals surface area contributed by atoms with Gasteiger partial charge in [0.15, 0.2) is 0 Å². The van der Waals surface area contributed by atoms with Gasteiger partial charge in [-0.25, -0.2) is 9.97 Å². The molecule has 0 fully saturated rings. The number of rotatable bonds is 3. The highest BCUT2D eigenvalue weighted by Gasteiger charge is 2.30. The molecule has 0 radical (unpaired) electrons. The Morgan fingerprint density at radius 1 is 1.25 bits per heavy atom. The Kier molecular flexibility index (Phi) is 4.04. The number of nitrogens with zero attached hydrogens (tertiary/aromatic N) is 2. The number of alkyl halides is 3. The topological polar surface area (TPSA) is 46.0 Å². The van der Waals surface area contributed by atoms with Gasteiger partial charge in [0.1, 0.15) is 11.9 Å². The van der Waals surface area contributed by atoms with Crippen molar-refractivity contribution in [2.45, 2.75) is 25.6 Å². The zero-order valence-electron chi connectivity index (χ0n) is 10.7. The molecule has 1 heterocycles. The first kappa shape index (κ1) is 14.5. The highest BCUT2D eigenvalue weighted by molar-refractivity contribution is 5.27. The van der Waals surface area contributed by atoms with Crippen molar-refractivity contribution in [2.24, 2.45) is 0 Å². The molecule has 0 aliphatic carbocycles. The molecule has 0 aliphatic rings. The quantitative estimate of drug-likeness (QED) is 0.941. The van der Waals surface area contributed by atoms with Crippen molar-refractivity contribution >= 4 is 0 Å². The number of halogens is 3. The molecule has 2 rings (SSSR count). The minimum atomic E-state index is -4.38. The van der Waals surface area contributed by atoms with Crippen LogP contribution in [0.1, 0.15) is 28.7 Å². The smallest absolute Gasteiger partial charge is 0.386 e. The van der Waals surface area contributed by atoms with Crippen molar-refractivity contribution in [2.75, 3.05) is 0 Å². The van der Waals surface area contributed by atoms with Gasteiger partial charge in [0, 0.05) is 12.6 Å². The lowest BCUT2D eigenvalue weighted by Crippen LogP contribution is -2.08. The Labute approximate surface area is 114 Å². The van der Waals surface area contributed by atoms with Gasteiger partial charge in [-0.3, -0.25) is 0 Å². The minimum Gasteiger partial charge on any atom is -0.386 e. The van der Waals surface area contributed by atoms with E-state index in [0.717, 1.165) is 12.1 Å². The van der Waals surface area contributed by atoms with E-state index < -0.39 is 17.8 Å². The van der Waals surface area contributed by atoms with E-state index in [9.17, 15) is 18.3 Å². The number of benzene rings is 1. The SMILES string of the molecule is Cc1nccc(C(O)Cc2cccc(C(F)(F)F)c2)n1. The third-order valence-electron chi connectivity index (χ3n) is 2.82. The van der Waals surface area contributed by atoms with Crippen LogP contribution in [0.3, 0.4) is 0 Å². The van der Waals surface area contributed by atoms with Crippen molar-refractivity contribution in [1.82, 2.24) is 9.97 Å². The molecular weight excluding hydrogens is 269 g/mol. The highest BCUT2D eigenvalue weighted by atomic mass is 19.4. The van der Waals surface area contributed by atoms with Gasteiger partial charge in [0.05, 0.1) is 11.3 Å². The van der Waals surface area contributed by atoms with Gasteiger partial charge in [-0.15, -0.1) is 0 Å². The van der Waals surface area contributed by atoms with Crippen LogP contribution in [0.2, 0.25) is 0 Å². The molecule has 0 aliphatic heterocycles. The van der Waals surface area contributed by atoms with E-state index in [1.807, 2.05) is 0 Å². The second-order valence-corrected chi connectivity index (χ2v) is 4.45. The third kappa shape index (κ3) is 3.54. The molecule has 3 nitrogen and oxygen atoms in total. The zero-order valence-corrected chi connectivity index (χ0v) is 10.7. The predicted molar refractivity (Wildman–Crippen MR) is 66.9 cm³/mol. The second-order valence-electron chi connectivity index (χ2n) is 4.45. The average molecular weight is 282 g/mol. The molecule has 20 heavy (non-hydrogen) atoms. The van der Waals surface area contributed by atoms with Crippen LogP contribution in [0.15, 0.2) is 36.5 Å². The van der Waals surface area contributed by atoms with E-state index in [0.29, 0.717) is 17.1 Å². The number of aryl methyl sites for hydroxylation is 1. The summed E-state index contributed by atoms with van der Waals surface area (Å²) >= 11 is 0. The Morgan fingerprint density at radius 2 is 2.00 bits per heavy atom. The maximum atomic E-state index is 12.6. The van der Waals surface area contributed by atoms with Gasteiger partial charge in [-0.1, -0.05) is 18.2 Å². The number of aromatic nitrogens is 2. The lowest BCUT2D eigenvalue weighted by molar-refractivity contribution is -0.137. The number of hydrogen-bond donors (Lipinski definition) is 1. The van der Waals surface area contributed by atoms with E-state index in [4.69, 9.17) is 0 Å².